The summed E-state index contributed by atoms with van der Waals surface area (Å²) >= 11 is 0. The number of anilines is 1. The number of nitrogens with zero attached hydrogens (tertiary/aromatic N) is 1. The van der Waals surface area contributed by atoms with E-state index in [4.69, 9.17) is 0 Å². The molecule has 0 saturated heterocycles. The largest absolute Gasteiger partial charge is 0.311 e. The van der Waals surface area contributed by atoms with Crippen molar-refractivity contribution in [1.29, 1.82) is 0 Å². The second kappa shape index (κ2) is 5.77. The minimum Gasteiger partial charge on any atom is -0.311 e. The Morgan fingerprint density at radius 1 is 1.06 bits per heavy atom. The second-order valence-corrected chi connectivity index (χ2v) is 3.87. The molecule has 3 heteroatoms. The summed E-state index contributed by atoms with van der Waals surface area (Å²) in [6.07, 6.45) is 3.90. The Kier molecular flexibility index (Phi) is 3.86. The Morgan fingerprint density at radius 2 is 1.83 bits per heavy atom. The topological polar surface area (TPSA) is 42.0 Å². The molecule has 0 aliphatic carbocycles. The molecule has 0 bridgehead atoms. The van der Waals surface area contributed by atoms with Gasteiger partial charge in [0.05, 0.1) is 5.69 Å². The molecule has 2 rings (SSSR count). The summed E-state index contributed by atoms with van der Waals surface area (Å²) < 4.78 is 0. The minimum atomic E-state index is -0.119. The van der Waals surface area contributed by atoms with Crippen molar-refractivity contribution in [2.45, 2.75) is 6.92 Å². The van der Waals surface area contributed by atoms with Crippen LogP contribution in [0.25, 0.3) is 12.2 Å². The average Bonchev–Trinajstić information content (AvgIpc) is 2.37. The number of aromatic nitrogens is 1. The van der Waals surface area contributed by atoms with Crippen molar-refractivity contribution in [3.63, 3.8) is 0 Å². The molecule has 0 fully saturated rings. The van der Waals surface area contributed by atoms with Crippen LogP contribution < -0.4 is 5.32 Å². The highest BCUT2D eigenvalue weighted by Crippen LogP contribution is 2.09. The zero-order chi connectivity index (χ0) is 12.8. The lowest BCUT2D eigenvalue weighted by Crippen LogP contribution is -2.07. The summed E-state index contributed by atoms with van der Waals surface area (Å²) in [7, 11) is 0. The van der Waals surface area contributed by atoms with Gasteiger partial charge in [-0.05, 0) is 23.8 Å². The van der Waals surface area contributed by atoms with E-state index < -0.39 is 0 Å². The summed E-state index contributed by atoms with van der Waals surface area (Å²) in [6, 6.07) is 15.5. The molecule has 1 N–H and O–H groups in total. The SMILES string of the molecule is CC(=O)Nc1cccc(C=Cc2ccccc2)n1. The standard InChI is InChI=1S/C15H14N2O/c1-12(18)16-15-9-5-8-14(17-15)11-10-13-6-3-2-4-7-13/h2-11H,1H3,(H,16,17,18). The zero-order valence-corrected chi connectivity index (χ0v) is 10.1. The molecule has 0 spiro atoms. The van der Waals surface area contributed by atoms with Crippen LogP contribution in [0, 0.1) is 0 Å². The monoisotopic (exact) mass is 238 g/mol. The van der Waals surface area contributed by atoms with Crippen molar-refractivity contribution < 1.29 is 4.79 Å². The third kappa shape index (κ3) is 3.56. The van der Waals surface area contributed by atoms with Crippen molar-refractivity contribution in [3.05, 3.63) is 59.8 Å². The highest BCUT2D eigenvalue weighted by Gasteiger charge is 1.96. The molecule has 1 heterocycles. The van der Waals surface area contributed by atoms with E-state index in [0.29, 0.717) is 5.82 Å². The fraction of sp³-hybridized carbons (Fsp3) is 0.0667. The van der Waals surface area contributed by atoms with E-state index in [1.165, 1.54) is 6.92 Å². The number of hydrogen-bond donors (Lipinski definition) is 1. The molecule has 0 aliphatic heterocycles. The maximum absolute atomic E-state index is 10.9. The highest BCUT2D eigenvalue weighted by atomic mass is 16.1. The van der Waals surface area contributed by atoms with Gasteiger partial charge in [0.2, 0.25) is 5.91 Å². The molecule has 0 saturated carbocycles. The first kappa shape index (κ1) is 12.0. The number of rotatable bonds is 3. The Hall–Kier alpha value is -2.42. The molecule has 1 amide bonds. The fourth-order valence-corrected chi connectivity index (χ4v) is 1.54. The maximum Gasteiger partial charge on any atom is 0.222 e. The number of amides is 1. The quantitative estimate of drug-likeness (QED) is 0.892. The molecule has 90 valence electrons. The van der Waals surface area contributed by atoms with Crippen molar-refractivity contribution in [3.8, 4) is 0 Å². The summed E-state index contributed by atoms with van der Waals surface area (Å²) in [5.74, 6) is 0.449. The molecule has 0 radical (unpaired) electrons. The van der Waals surface area contributed by atoms with E-state index >= 15 is 0 Å². The number of nitrogens with one attached hydrogen (secondary N) is 1. The molecule has 0 atom stereocenters. The highest BCUT2D eigenvalue weighted by molar-refractivity contribution is 5.87. The number of pyridine rings is 1. The van der Waals surface area contributed by atoms with Gasteiger partial charge in [0.1, 0.15) is 5.82 Å². The van der Waals surface area contributed by atoms with Crippen LogP contribution in [0.3, 0.4) is 0 Å². The first-order valence-corrected chi connectivity index (χ1v) is 5.72. The van der Waals surface area contributed by atoms with E-state index in [1.807, 2.05) is 54.6 Å². The van der Waals surface area contributed by atoms with Crippen molar-refractivity contribution >= 4 is 23.9 Å². The smallest absolute Gasteiger partial charge is 0.222 e. The van der Waals surface area contributed by atoms with E-state index in [1.54, 1.807) is 6.07 Å². The number of carbonyl (C=O) groups is 1. The summed E-state index contributed by atoms with van der Waals surface area (Å²) in [5, 5.41) is 2.66. The Morgan fingerprint density at radius 3 is 2.56 bits per heavy atom. The zero-order valence-electron chi connectivity index (χ0n) is 10.1. The van der Waals surface area contributed by atoms with Crippen LogP contribution in [0.5, 0.6) is 0 Å². The maximum atomic E-state index is 10.9. The van der Waals surface area contributed by atoms with Gasteiger partial charge in [-0.1, -0.05) is 42.5 Å². The van der Waals surface area contributed by atoms with Crippen molar-refractivity contribution in [2.75, 3.05) is 5.32 Å². The van der Waals surface area contributed by atoms with E-state index in [0.717, 1.165) is 11.3 Å². The van der Waals surface area contributed by atoms with Crippen LogP contribution >= 0.6 is 0 Å². The fourth-order valence-electron chi connectivity index (χ4n) is 1.54. The van der Waals surface area contributed by atoms with Crippen LogP contribution in [0.2, 0.25) is 0 Å². The lowest BCUT2D eigenvalue weighted by Gasteiger charge is -2.01. The first-order chi connectivity index (χ1) is 8.74. The molecule has 0 unspecified atom stereocenters. The van der Waals surface area contributed by atoms with Gasteiger partial charge < -0.3 is 5.32 Å². The Labute approximate surface area is 106 Å². The van der Waals surface area contributed by atoms with Crippen molar-refractivity contribution in [1.82, 2.24) is 4.98 Å². The third-order valence-electron chi connectivity index (χ3n) is 2.32. The molecular weight excluding hydrogens is 224 g/mol. The molecule has 2 aromatic rings. The van der Waals surface area contributed by atoms with Crippen LogP contribution in [-0.4, -0.2) is 10.9 Å². The van der Waals surface area contributed by atoms with Crippen molar-refractivity contribution in [2.24, 2.45) is 0 Å². The van der Waals surface area contributed by atoms with Gasteiger partial charge in [-0.3, -0.25) is 4.79 Å². The first-order valence-electron chi connectivity index (χ1n) is 5.72. The van der Waals surface area contributed by atoms with E-state index in [9.17, 15) is 4.79 Å². The Balaban J connectivity index is 2.14. The summed E-state index contributed by atoms with van der Waals surface area (Å²) in [6.45, 7) is 1.47. The molecule has 1 aromatic carbocycles. The van der Waals surface area contributed by atoms with Gasteiger partial charge in [0.25, 0.3) is 0 Å². The van der Waals surface area contributed by atoms with Crippen LogP contribution in [0.15, 0.2) is 48.5 Å². The Bertz CT molecular complexity index is 562. The van der Waals surface area contributed by atoms with Gasteiger partial charge in [-0.2, -0.15) is 0 Å². The van der Waals surface area contributed by atoms with Crippen LogP contribution in [0.4, 0.5) is 5.82 Å². The van der Waals surface area contributed by atoms with Gasteiger partial charge in [-0.25, -0.2) is 4.98 Å². The number of hydrogen-bond acceptors (Lipinski definition) is 2. The van der Waals surface area contributed by atoms with E-state index in [-0.39, 0.29) is 5.91 Å². The molecule has 0 aliphatic rings. The lowest BCUT2D eigenvalue weighted by atomic mass is 10.2. The van der Waals surface area contributed by atoms with Gasteiger partial charge >= 0.3 is 0 Å². The van der Waals surface area contributed by atoms with Gasteiger partial charge in [-0.15, -0.1) is 0 Å². The lowest BCUT2D eigenvalue weighted by molar-refractivity contribution is -0.114. The molecule has 1 aromatic heterocycles. The van der Waals surface area contributed by atoms with Crippen LogP contribution in [0.1, 0.15) is 18.2 Å². The predicted molar refractivity (Wildman–Crippen MR) is 73.9 cm³/mol. The summed E-state index contributed by atoms with van der Waals surface area (Å²) in [4.78, 5) is 15.2. The van der Waals surface area contributed by atoms with Gasteiger partial charge in [0.15, 0.2) is 0 Å². The average molecular weight is 238 g/mol. The molecule has 3 nitrogen and oxygen atoms in total. The predicted octanol–water partition coefficient (Wildman–Crippen LogP) is 3.21. The number of carbonyl (C=O) groups excluding carboxylic acids is 1. The van der Waals surface area contributed by atoms with Crippen LogP contribution in [-0.2, 0) is 4.79 Å². The minimum absolute atomic E-state index is 0.119. The molecule has 18 heavy (non-hydrogen) atoms. The second-order valence-electron chi connectivity index (χ2n) is 3.87. The van der Waals surface area contributed by atoms with Gasteiger partial charge in [0, 0.05) is 6.92 Å². The molecular formula is C15H14N2O. The third-order valence-corrected chi connectivity index (χ3v) is 2.32. The number of benzene rings is 1. The summed E-state index contributed by atoms with van der Waals surface area (Å²) in [5.41, 5.74) is 1.93. The normalized spacial score (nSPS) is 10.5. The van der Waals surface area contributed by atoms with E-state index in [2.05, 4.69) is 10.3 Å².